The first-order valence-corrected chi connectivity index (χ1v) is 6.72. The summed E-state index contributed by atoms with van der Waals surface area (Å²) in [6, 6.07) is 2.62. The third-order valence-corrected chi connectivity index (χ3v) is 2.71. The van der Waals surface area contributed by atoms with E-state index in [1.807, 2.05) is 13.8 Å². The number of hydrogen-bond acceptors (Lipinski definition) is 5. The fourth-order valence-corrected chi connectivity index (χ4v) is 1.63. The van der Waals surface area contributed by atoms with Gasteiger partial charge in [0.25, 0.3) is 0 Å². The number of carbonyl (C=O) groups excluding carboxylic acids is 2. The highest BCUT2D eigenvalue weighted by atomic mass is 16.5. The van der Waals surface area contributed by atoms with Gasteiger partial charge in [0.1, 0.15) is 6.04 Å². The summed E-state index contributed by atoms with van der Waals surface area (Å²) >= 11 is 0. The highest BCUT2D eigenvalue weighted by molar-refractivity contribution is 5.96. The van der Waals surface area contributed by atoms with Gasteiger partial charge >= 0.3 is 6.09 Å². The van der Waals surface area contributed by atoms with E-state index in [9.17, 15) is 9.59 Å². The molecule has 1 aromatic rings. The molecule has 1 rings (SSSR count). The molecule has 0 aromatic carbocycles. The molecule has 0 radical (unpaired) electrons. The van der Waals surface area contributed by atoms with E-state index in [1.54, 1.807) is 19.1 Å². The minimum absolute atomic E-state index is 0.0828. The first-order valence-electron chi connectivity index (χ1n) is 6.72. The minimum Gasteiger partial charge on any atom is -0.481 e. The zero-order chi connectivity index (χ0) is 15.8. The number of pyridine rings is 1. The molecule has 2 N–H and O–H groups in total. The largest absolute Gasteiger partial charge is 0.481 e. The van der Waals surface area contributed by atoms with Gasteiger partial charge in [0, 0.05) is 6.07 Å². The Balaban J connectivity index is 2.69. The number of nitrogens with one attached hydrogen (secondary N) is 2. The van der Waals surface area contributed by atoms with Crippen LogP contribution in [0.1, 0.15) is 20.8 Å². The molecule has 1 heterocycles. The smallest absolute Gasteiger partial charge is 0.407 e. The predicted molar refractivity (Wildman–Crippen MR) is 78.2 cm³/mol. The Hall–Kier alpha value is -2.31. The van der Waals surface area contributed by atoms with Crippen molar-refractivity contribution in [3.63, 3.8) is 0 Å². The summed E-state index contributed by atoms with van der Waals surface area (Å²) in [4.78, 5) is 27.7. The van der Waals surface area contributed by atoms with Gasteiger partial charge in [-0.1, -0.05) is 13.8 Å². The molecule has 0 unspecified atom stereocenters. The lowest BCUT2D eigenvalue weighted by atomic mass is 10.0. The van der Waals surface area contributed by atoms with E-state index in [2.05, 4.69) is 15.6 Å². The van der Waals surface area contributed by atoms with Crippen molar-refractivity contribution in [3.05, 3.63) is 18.3 Å². The SMILES string of the molecule is CCOC(=O)N[C@H](C(=O)Nc1ccc(OC)nc1)C(C)C. The average Bonchev–Trinajstić information content (AvgIpc) is 2.45. The average molecular weight is 295 g/mol. The molecule has 0 saturated heterocycles. The lowest BCUT2D eigenvalue weighted by Gasteiger charge is -2.21. The molecule has 7 heteroatoms. The number of nitrogens with zero attached hydrogens (tertiary/aromatic N) is 1. The predicted octanol–water partition coefficient (Wildman–Crippen LogP) is 1.80. The van der Waals surface area contributed by atoms with E-state index in [1.165, 1.54) is 13.3 Å². The van der Waals surface area contributed by atoms with Crippen molar-refractivity contribution in [2.45, 2.75) is 26.8 Å². The number of anilines is 1. The quantitative estimate of drug-likeness (QED) is 0.835. The van der Waals surface area contributed by atoms with Crippen LogP contribution in [0.4, 0.5) is 10.5 Å². The Labute approximate surface area is 124 Å². The Kier molecular flexibility index (Phi) is 6.45. The molecule has 1 atom stereocenters. The summed E-state index contributed by atoms with van der Waals surface area (Å²) in [6.07, 6.45) is 0.873. The Bertz CT molecular complexity index is 474. The highest BCUT2D eigenvalue weighted by Gasteiger charge is 2.24. The Morgan fingerprint density at radius 1 is 1.33 bits per heavy atom. The summed E-state index contributed by atoms with van der Waals surface area (Å²) in [5.41, 5.74) is 0.525. The van der Waals surface area contributed by atoms with Crippen LogP contribution in [-0.4, -0.2) is 36.7 Å². The van der Waals surface area contributed by atoms with Crippen LogP contribution in [0.15, 0.2) is 18.3 Å². The molecule has 1 aromatic heterocycles. The van der Waals surface area contributed by atoms with E-state index in [0.717, 1.165) is 0 Å². The van der Waals surface area contributed by atoms with Crippen LogP contribution in [0, 0.1) is 5.92 Å². The summed E-state index contributed by atoms with van der Waals surface area (Å²) in [6.45, 7) is 5.62. The fourth-order valence-electron chi connectivity index (χ4n) is 1.63. The molecular weight excluding hydrogens is 274 g/mol. The summed E-state index contributed by atoms with van der Waals surface area (Å²) < 4.78 is 9.74. The molecule has 2 amide bonds. The third kappa shape index (κ3) is 5.29. The molecule has 0 aliphatic rings. The van der Waals surface area contributed by atoms with Gasteiger partial charge in [-0.3, -0.25) is 4.79 Å². The van der Waals surface area contributed by atoms with Crippen molar-refractivity contribution < 1.29 is 19.1 Å². The van der Waals surface area contributed by atoms with Crippen molar-refractivity contribution >= 4 is 17.7 Å². The van der Waals surface area contributed by atoms with Crippen LogP contribution >= 0.6 is 0 Å². The van der Waals surface area contributed by atoms with Gasteiger partial charge in [-0.15, -0.1) is 0 Å². The van der Waals surface area contributed by atoms with Crippen LogP contribution < -0.4 is 15.4 Å². The van der Waals surface area contributed by atoms with Gasteiger partial charge in [0.05, 0.1) is 25.6 Å². The number of hydrogen-bond donors (Lipinski definition) is 2. The maximum Gasteiger partial charge on any atom is 0.407 e. The number of alkyl carbamates (subject to hydrolysis) is 1. The van der Waals surface area contributed by atoms with E-state index in [0.29, 0.717) is 11.6 Å². The Morgan fingerprint density at radius 2 is 2.05 bits per heavy atom. The molecule has 0 aliphatic heterocycles. The van der Waals surface area contributed by atoms with E-state index in [4.69, 9.17) is 9.47 Å². The molecule has 0 aliphatic carbocycles. The van der Waals surface area contributed by atoms with Gasteiger partial charge in [0.15, 0.2) is 0 Å². The molecule has 0 fully saturated rings. The van der Waals surface area contributed by atoms with Crippen LogP contribution in [0.2, 0.25) is 0 Å². The van der Waals surface area contributed by atoms with Crippen LogP contribution in [-0.2, 0) is 9.53 Å². The maximum absolute atomic E-state index is 12.2. The van der Waals surface area contributed by atoms with E-state index >= 15 is 0 Å². The molecule has 0 saturated carbocycles. The second-order valence-electron chi connectivity index (χ2n) is 4.66. The van der Waals surface area contributed by atoms with E-state index < -0.39 is 12.1 Å². The van der Waals surface area contributed by atoms with Gasteiger partial charge in [-0.2, -0.15) is 0 Å². The first kappa shape index (κ1) is 16.7. The molecule has 116 valence electrons. The highest BCUT2D eigenvalue weighted by Crippen LogP contribution is 2.12. The van der Waals surface area contributed by atoms with Crippen LogP contribution in [0.3, 0.4) is 0 Å². The minimum atomic E-state index is -0.689. The van der Waals surface area contributed by atoms with E-state index in [-0.39, 0.29) is 18.4 Å². The maximum atomic E-state index is 12.2. The summed E-state index contributed by atoms with van der Waals surface area (Å²) in [5.74, 6) is 0.0451. The van der Waals surface area contributed by atoms with Gasteiger partial charge < -0.3 is 20.1 Å². The van der Waals surface area contributed by atoms with Gasteiger partial charge in [0.2, 0.25) is 11.8 Å². The lowest BCUT2D eigenvalue weighted by molar-refractivity contribution is -0.119. The molecule has 7 nitrogen and oxygen atoms in total. The van der Waals surface area contributed by atoms with Crippen LogP contribution in [0.25, 0.3) is 0 Å². The van der Waals surface area contributed by atoms with Gasteiger partial charge in [-0.25, -0.2) is 9.78 Å². The Morgan fingerprint density at radius 3 is 2.52 bits per heavy atom. The van der Waals surface area contributed by atoms with Crippen molar-refractivity contribution in [2.75, 3.05) is 19.0 Å². The second kappa shape index (κ2) is 8.08. The van der Waals surface area contributed by atoms with Crippen LogP contribution in [0.5, 0.6) is 5.88 Å². The second-order valence-corrected chi connectivity index (χ2v) is 4.66. The van der Waals surface area contributed by atoms with Crippen molar-refractivity contribution in [2.24, 2.45) is 5.92 Å². The standard InChI is InChI=1S/C14H21N3O4/c1-5-21-14(19)17-12(9(2)3)13(18)16-10-6-7-11(20-4)15-8-10/h6-9,12H,5H2,1-4H3,(H,16,18)(H,17,19)/t12-/m0/s1. The monoisotopic (exact) mass is 295 g/mol. The number of aromatic nitrogens is 1. The van der Waals surface area contributed by atoms with Crippen molar-refractivity contribution in [1.29, 1.82) is 0 Å². The number of methoxy groups -OCH3 is 1. The number of carbonyl (C=O) groups is 2. The van der Waals surface area contributed by atoms with Gasteiger partial charge in [-0.05, 0) is 18.9 Å². The number of amides is 2. The molecule has 0 bridgehead atoms. The topological polar surface area (TPSA) is 89.5 Å². The summed E-state index contributed by atoms with van der Waals surface area (Å²) in [7, 11) is 1.51. The van der Waals surface area contributed by atoms with Crippen molar-refractivity contribution in [1.82, 2.24) is 10.3 Å². The third-order valence-electron chi connectivity index (χ3n) is 2.71. The lowest BCUT2D eigenvalue weighted by Crippen LogP contribution is -2.47. The molecule has 21 heavy (non-hydrogen) atoms. The fraction of sp³-hybridized carbons (Fsp3) is 0.500. The first-order chi connectivity index (χ1) is 9.97. The number of ether oxygens (including phenoxy) is 2. The molecule has 0 spiro atoms. The molecular formula is C14H21N3O4. The number of rotatable bonds is 6. The zero-order valence-corrected chi connectivity index (χ0v) is 12.7. The van der Waals surface area contributed by atoms with Crippen molar-refractivity contribution in [3.8, 4) is 5.88 Å². The zero-order valence-electron chi connectivity index (χ0n) is 12.7. The summed E-state index contributed by atoms with van der Waals surface area (Å²) in [5, 5.41) is 5.24. The normalized spacial score (nSPS) is 11.7.